The maximum atomic E-state index is 13.0. The van der Waals surface area contributed by atoms with Crippen LogP contribution >= 0.6 is 15.9 Å². The summed E-state index contributed by atoms with van der Waals surface area (Å²) in [6.07, 6.45) is 0.0635. The summed E-state index contributed by atoms with van der Waals surface area (Å²) in [7, 11) is 0. The molecule has 0 saturated carbocycles. The average molecular weight is 447 g/mol. The van der Waals surface area contributed by atoms with Gasteiger partial charge >= 0.3 is 0 Å². The first-order valence-electron chi connectivity index (χ1n) is 9.34. The Balaban J connectivity index is 2.17. The molecule has 5 nitrogen and oxygen atoms in total. The fourth-order valence-electron chi connectivity index (χ4n) is 2.63. The minimum absolute atomic E-state index is 0.0635. The molecule has 2 aromatic carbocycles. The number of hydrogen-bond donors (Lipinski definition) is 1. The molecule has 6 heteroatoms. The second-order valence-corrected chi connectivity index (χ2v) is 7.84. The maximum Gasteiger partial charge on any atom is 0.272 e. The molecule has 0 aliphatic carbocycles. The van der Waals surface area contributed by atoms with Crippen molar-refractivity contribution in [3.63, 3.8) is 0 Å². The van der Waals surface area contributed by atoms with E-state index < -0.39 is 0 Å². The van der Waals surface area contributed by atoms with Gasteiger partial charge in [0, 0.05) is 23.0 Å². The van der Waals surface area contributed by atoms with Crippen LogP contribution in [0.5, 0.6) is 5.75 Å². The van der Waals surface area contributed by atoms with Crippen LogP contribution in [0.3, 0.4) is 0 Å². The van der Waals surface area contributed by atoms with E-state index in [4.69, 9.17) is 4.74 Å². The van der Waals surface area contributed by atoms with E-state index in [1.807, 2.05) is 39.8 Å². The number of hydrogen-bond acceptors (Lipinski definition) is 3. The number of halogens is 1. The van der Waals surface area contributed by atoms with Gasteiger partial charge < -0.3 is 4.74 Å². The fraction of sp³-hybridized carbons (Fsp3) is 0.364. The molecule has 150 valence electrons. The Hall–Kier alpha value is -2.34. The van der Waals surface area contributed by atoms with Crippen molar-refractivity contribution in [2.45, 2.75) is 39.1 Å². The summed E-state index contributed by atoms with van der Waals surface area (Å²) in [4.78, 5) is 25.6. The Labute approximate surface area is 175 Å². The molecule has 0 radical (unpaired) electrons. The van der Waals surface area contributed by atoms with Gasteiger partial charge in [-0.3, -0.25) is 15.0 Å². The smallest absolute Gasteiger partial charge is 0.272 e. The number of ether oxygens (including phenoxy) is 1. The molecule has 0 spiro atoms. The fourth-order valence-corrected chi connectivity index (χ4v) is 2.98. The van der Waals surface area contributed by atoms with Gasteiger partial charge in [-0.15, -0.1) is 0 Å². The summed E-state index contributed by atoms with van der Waals surface area (Å²) in [5.41, 5.74) is 4.76. The molecule has 1 N–H and O–H groups in total. The van der Waals surface area contributed by atoms with E-state index in [1.54, 1.807) is 36.4 Å². The molecular formula is C22H27BrN2O3. The van der Waals surface area contributed by atoms with Gasteiger partial charge in [-0.25, -0.2) is 5.01 Å². The number of nitrogens with zero attached hydrogens (tertiary/aromatic N) is 1. The van der Waals surface area contributed by atoms with E-state index in [-0.39, 0.29) is 23.8 Å². The van der Waals surface area contributed by atoms with E-state index >= 15 is 0 Å². The third-order valence-corrected chi connectivity index (χ3v) is 4.49. The van der Waals surface area contributed by atoms with Crippen molar-refractivity contribution in [2.75, 3.05) is 6.54 Å². The van der Waals surface area contributed by atoms with Crippen LogP contribution in [-0.4, -0.2) is 29.5 Å². The van der Waals surface area contributed by atoms with Gasteiger partial charge in [0.2, 0.25) is 0 Å². The van der Waals surface area contributed by atoms with Crippen LogP contribution in [0.1, 0.15) is 54.0 Å². The van der Waals surface area contributed by atoms with Crippen molar-refractivity contribution >= 4 is 27.7 Å². The van der Waals surface area contributed by atoms with Crippen molar-refractivity contribution in [1.82, 2.24) is 10.4 Å². The summed E-state index contributed by atoms with van der Waals surface area (Å²) in [5, 5.41) is 2.04. The van der Waals surface area contributed by atoms with Gasteiger partial charge in [0.15, 0.2) is 0 Å². The number of carbonyl (C=O) groups is 2. The summed E-state index contributed by atoms with van der Waals surface area (Å²) in [5.74, 6) is 0.339. The van der Waals surface area contributed by atoms with Crippen LogP contribution in [-0.2, 0) is 5.33 Å². The molecule has 0 fully saturated rings. The zero-order chi connectivity index (χ0) is 20.7. The highest BCUT2D eigenvalue weighted by molar-refractivity contribution is 9.08. The van der Waals surface area contributed by atoms with E-state index in [0.717, 1.165) is 5.56 Å². The van der Waals surface area contributed by atoms with Crippen LogP contribution in [0, 0.1) is 5.92 Å². The first-order chi connectivity index (χ1) is 13.3. The monoisotopic (exact) mass is 446 g/mol. The van der Waals surface area contributed by atoms with E-state index in [2.05, 4.69) is 21.4 Å². The number of rotatable bonds is 7. The molecule has 0 aliphatic heterocycles. The van der Waals surface area contributed by atoms with Gasteiger partial charge in [-0.1, -0.05) is 41.9 Å². The molecular weight excluding hydrogens is 420 g/mol. The SMILES string of the molecule is CC(C)CN(NC(=O)c1cccc(CBr)c1)C(=O)c1ccc(OC(C)C)cc1. The van der Waals surface area contributed by atoms with Crippen molar-refractivity contribution < 1.29 is 14.3 Å². The Kier molecular flexibility index (Phi) is 8.05. The predicted octanol–water partition coefficient (Wildman–Crippen LogP) is 4.81. The maximum absolute atomic E-state index is 13.0. The second-order valence-electron chi connectivity index (χ2n) is 7.28. The number of hydrazine groups is 1. The third kappa shape index (κ3) is 6.37. The number of alkyl halides is 1. The van der Waals surface area contributed by atoms with Crippen LogP contribution in [0.15, 0.2) is 48.5 Å². The van der Waals surface area contributed by atoms with Crippen molar-refractivity contribution in [2.24, 2.45) is 5.92 Å². The Morgan fingerprint density at radius 3 is 2.29 bits per heavy atom. The van der Waals surface area contributed by atoms with Gasteiger partial charge in [0.05, 0.1) is 6.10 Å². The number of amides is 2. The van der Waals surface area contributed by atoms with Gasteiger partial charge in [0.1, 0.15) is 5.75 Å². The van der Waals surface area contributed by atoms with Gasteiger partial charge in [0.25, 0.3) is 11.8 Å². The Morgan fingerprint density at radius 1 is 1.04 bits per heavy atom. The van der Waals surface area contributed by atoms with E-state index in [0.29, 0.717) is 28.8 Å². The topological polar surface area (TPSA) is 58.6 Å². The lowest BCUT2D eigenvalue weighted by molar-refractivity contribution is 0.0558. The van der Waals surface area contributed by atoms with E-state index in [1.165, 1.54) is 5.01 Å². The highest BCUT2D eigenvalue weighted by atomic mass is 79.9. The minimum Gasteiger partial charge on any atom is -0.491 e. The summed E-state index contributed by atoms with van der Waals surface area (Å²) in [6, 6.07) is 14.3. The van der Waals surface area contributed by atoms with Crippen LogP contribution in [0.2, 0.25) is 0 Å². The standard InChI is InChI=1S/C22H27BrN2O3/c1-15(2)14-25(24-21(26)19-7-5-6-17(12-19)13-23)22(27)18-8-10-20(11-9-18)28-16(3)4/h5-12,15-16H,13-14H2,1-4H3,(H,24,26). The van der Waals surface area contributed by atoms with E-state index in [9.17, 15) is 9.59 Å². The molecule has 2 aromatic rings. The molecule has 0 aromatic heterocycles. The van der Waals surface area contributed by atoms with Gasteiger partial charge in [-0.05, 0) is 61.7 Å². The molecule has 0 bridgehead atoms. The highest BCUT2D eigenvalue weighted by Gasteiger charge is 2.20. The summed E-state index contributed by atoms with van der Waals surface area (Å²) in [6.45, 7) is 8.30. The average Bonchev–Trinajstić information content (AvgIpc) is 2.66. The molecule has 2 rings (SSSR count). The lowest BCUT2D eigenvalue weighted by atomic mass is 10.1. The quantitative estimate of drug-likeness (QED) is 0.490. The molecule has 0 unspecified atom stereocenters. The van der Waals surface area contributed by atoms with Crippen LogP contribution in [0.4, 0.5) is 0 Å². The normalized spacial score (nSPS) is 10.8. The molecule has 28 heavy (non-hydrogen) atoms. The van der Waals surface area contributed by atoms with Crippen LogP contribution in [0.25, 0.3) is 0 Å². The highest BCUT2D eigenvalue weighted by Crippen LogP contribution is 2.16. The van der Waals surface area contributed by atoms with Crippen molar-refractivity contribution in [3.05, 3.63) is 65.2 Å². The summed E-state index contributed by atoms with van der Waals surface area (Å²) < 4.78 is 5.62. The molecule has 2 amide bonds. The lowest BCUT2D eigenvalue weighted by Gasteiger charge is -2.25. The zero-order valence-corrected chi connectivity index (χ0v) is 18.3. The minimum atomic E-state index is -0.309. The summed E-state index contributed by atoms with van der Waals surface area (Å²) >= 11 is 3.39. The van der Waals surface area contributed by atoms with Crippen LogP contribution < -0.4 is 10.2 Å². The first-order valence-corrected chi connectivity index (χ1v) is 10.5. The largest absolute Gasteiger partial charge is 0.491 e. The Bertz CT molecular complexity index is 804. The second kappa shape index (κ2) is 10.3. The lowest BCUT2D eigenvalue weighted by Crippen LogP contribution is -2.48. The molecule has 0 atom stereocenters. The molecule has 0 saturated heterocycles. The van der Waals surface area contributed by atoms with Gasteiger partial charge in [-0.2, -0.15) is 0 Å². The zero-order valence-electron chi connectivity index (χ0n) is 16.7. The number of carbonyl (C=O) groups excluding carboxylic acids is 2. The predicted molar refractivity (Wildman–Crippen MR) is 115 cm³/mol. The first kappa shape index (κ1) is 22.0. The Morgan fingerprint density at radius 2 is 1.71 bits per heavy atom. The number of benzene rings is 2. The molecule has 0 heterocycles. The van der Waals surface area contributed by atoms with Crippen molar-refractivity contribution in [1.29, 1.82) is 0 Å². The third-order valence-electron chi connectivity index (χ3n) is 3.85. The number of nitrogens with one attached hydrogen (secondary N) is 1. The molecule has 0 aliphatic rings. The van der Waals surface area contributed by atoms with Crippen molar-refractivity contribution in [3.8, 4) is 5.75 Å².